The van der Waals surface area contributed by atoms with E-state index in [1.54, 1.807) is 18.3 Å². The first kappa shape index (κ1) is 19.3. The summed E-state index contributed by atoms with van der Waals surface area (Å²) in [6.45, 7) is 4.62. The summed E-state index contributed by atoms with van der Waals surface area (Å²) in [5.41, 5.74) is 5.60. The number of halogens is 2. The molecule has 0 spiro atoms. The monoisotopic (exact) mass is 295 g/mol. The van der Waals surface area contributed by atoms with Crippen molar-refractivity contribution in [2.75, 3.05) is 13.1 Å². The summed E-state index contributed by atoms with van der Waals surface area (Å²) in [6, 6.07) is 3.46. The molecule has 1 aromatic rings. The second kappa shape index (κ2) is 9.94. The van der Waals surface area contributed by atoms with Crippen molar-refractivity contribution in [1.82, 2.24) is 10.3 Å². The van der Waals surface area contributed by atoms with E-state index >= 15 is 0 Å². The molecule has 0 fully saturated rings. The highest BCUT2D eigenvalue weighted by atomic mass is 35.5. The number of rotatable bonds is 5. The van der Waals surface area contributed by atoms with Gasteiger partial charge in [-0.3, -0.25) is 4.79 Å². The third-order valence-corrected chi connectivity index (χ3v) is 1.78. The summed E-state index contributed by atoms with van der Waals surface area (Å²) in [5, 5.41) is 2.66. The van der Waals surface area contributed by atoms with Crippen molar-refractivity contribution in [2.24, 2.45) is 5.73 Å². The highest BCUT2D eigenvalue weighted by Gasteiger charge is 2.13. The lowest BCUT2D eigenvalue weighted by molar-refractivity contribution is 0.0943. The molecule has 3 N–H and O–H groups in total. The zero-order valence-corrected chi connectivity index (χ0v) is 12.0. The van der Waals surface area contributed by atoms with Crippen molar-refractivity contribution in [3.8, 4) is 5.75 Å². The summed E-state index contributed by atoms with van der Waals surface area (Å²) in [6.07, 6.45) is 1.56. The van der Waals surface area contributed by atoms with Crippen molar-refractivity contribution >= 4 is 30.7 Å². The molecule has 0 aliphatic rings. The van der Waals surface area contributed by atoms with Crippen LogP contribution in [0.2, 0.25) is 0 Å². The van der Waals surface area contributed by atoms with E-state index in [4.69, 9.17) is 10.5 Å². The second-order valence-corrected chi connectivity index (χ2v) is 3.56. The van der Waals surface area contributed by atoms with Crippen LogP contribution in [-0.4, -0.2) is 30.1 Å². The highest BCUT2D eigenvalue weighted by molar-refractivity contribution is 5.94. The minimum Gasteiger partial charge on any atom is -0.489 e. The number of nitrogens with one attached hydrogen (secondary N) is 1. The number of pyridine rings is 1. The van der Waals surface area contributed by atoms with Crippen molar-refractivity contribution in [3.63, 3.8) is 0 Å². The maximum absolute atomic E-state index is 11.7. The molecule has 1 aromatic heterocycles. The lowest BCUT2D eigenvalue weighted by Crippen LogP contribution is -2.30. The minimum absolute atomic E-state index is 0. The fourth-order valence-corrected chi connectivity index (χ4v) is 1.18. The number of hydrogen-bond acceptors (Lipinski definition) is 4. The molecule has 0 unspecified atom stereocenters. The molecule has 0 atom stereocenters. The van der Waals surface area contributed by atoms with Crippen molar-refractivity contribution in [1.29, 1.82) is 0 Å². The van der Waals surface area contributed by atoms with E-state index < -0.39 is 0 Å². The van der Waals surface area contributed by atoms with E-state index in [2.05, 4.69) is 10.3 Å². The largest absolute Gasteiger partial charge is 0.489 e. The van der Waals surface area contributed by atoms with Gasteiger partial charge in [0.2, 0.25) is 0 Å². The molecule has 5 nitrogen and oxygen atoms in total. The standard InChI is InChI=1S/C11H17N3O2.2ClH/c1-8(2)16-9-4-3-6-13-10(9)11(15)14-7-5-12;;/h3-4,6,8H,5,7,12H2,1-2H3,(H,14,15);2*1H. The predicted octanol–water partition coefficient (Wildman–Crippen LogP) is 1.40. The Hall–Kier alpha value is -1.04. The van der Waals surface area contributed by atoms with Crippen LogP contribution in [0.15, 0.2) is 18.3 Å². The van der Waals surface area contributed by atoms with E-state index in [-0.39, 0.29) is 36.8 Å². The lowest BCUT2D eigenvalue weighted by Gasteiger charge is -2.12. The van der Waals surface area contributed by atoms with E-state index in [1.165, 1.54) is 0 Å². The van der Waals surface area contributed by atoms with Gasteiger partial charge in [0.25, 0.3) is 5.91 Å². The molecule has 1 amide bonds. The van der Waals surface area contributed by atoms with Gasteiger partial charge in [-0.25, -0.2) is 4.98 Å². The van der Waals surface area contributed by atoms with E-state index in [0.717, 1.165) is 0 Å². The summed E-state index contributed by atoms with van der Waals surface area (Å²) < 4.78 is 5.49. The maximum Gasteiger partial charge on any atom is 0.273 e. The number of nitrogens with zero attached hydrogens (tertiary/aromatic N) is 1. The fourth-order valence-electron chi connectivity index (χ4n) is 1.18. The molecule has 1 heterocycles. The molecule has 0 bridgehead atoms. The van der Waals surface area contributed by atoms with Crippen LogP contribution in [0.4, 0.5) is 0 Å². The number of amides is 1. The van der Waals surface area contributed by atoms with Crippen LogP contribution < -0.4 is 15.8 Å². The zero-order valence-electron chi connectivity index (χ0n) is 10.4. The Balaban J connectivity index is 0. The van der Waals surface area contributed by atoms with Gasteiger partial charge in [-0.15, -0.1) is 24.8 Å². The van der Waals surface area contributed by atoms with Gasteiger partial charge in [0.15, 0.2) is 11.4 Å². The van der Waals surface area contributed by atoms with Crippen molar-refractivity contribution in [2.45, 2.75) is 20.0 Å². The van der Waals surface area contributed by atoms with Crippen LogP contribution in [-0.2, 0) is 0 Å². The molecule has 0 saturated carbocycles. The second-order valence-electron chi connectivity index (χ2n) is 3.56. The van der Waals surface area contributed by atoms with Crippen LogP contribution >= 0.6 is 24.8 Å². The first-order chi connectivity index (χ1) is 7.65. The Morgan fingerprint density at radius 1 is 1.50 bits per heavy atom. The Morgan fingerprint density at radius 3 is 2.72 bits per heavy atom. The molecule has 7 heteroatoms. The van der Waals surface area contributed by atoms with E-state index in [0.29, 0.717) is 24.5 Å². The topological polar surface area (TPSA) is 77.2 Å². The highest BCUT2D eigenvalue weighted by Crippen LogP contribution is 2.16. The van der Waals surface area contributed by atoms with Gasteiger partial charge in [0.1, 0.15) is 0 Å². The van der Waals surface area contributed by atoms with E-state index in [1.807, 2.05) is 13.8 Å². The molecule has 0 aromatic carbocycles. The van der Waals surface area contributed by atoms with Crippen molar-refractivity contribution in [3.05, 3.63) is 24.0 Å². The summed E-state index contributed by atoms with van der Waals surface area (Å²) in [4.78, 5) is 15.7. The van der Waals surface area contributed by atoms with Crippen LogP contribution in [0.3, 0.4) is 0 Å². The third kappa shape index (κ3) is 6.05. The predicted molar refractivity (Wildman–Crippen MR) is 75.9 cm³/mol. The Bertz CT molecular complexity index is 362. The Morgan fingerprint density at radius 2 is 2.17 bits per heavy atom. The molecule has 18 heavy (non-hydrogen) atoms. The molecular formula is C11H19Cl2N3O2. The van der Waals surface area contributed by atoms with Crippen LogP contribution in [0.5, 0.6) is 5.75 Å². The number of carbonyl (C=O) groups is 1. The lowest BCUT2D eigenvalue weighted by atomic mass is 10.3. The maximum atomic E-state index is 11.7. The molecule has 0 aliphatic heterocycles. The summed E-state index contributed by atoms with van der Waals surface area (Å²) in [5.74, 6) is 0.230. The number of aromatic nitrogens is 1. The van der Waals surface area contributed by atoms with Crippen molar-refractivity contribution < 1.29 is 9.53 Å². The number of hydrogen-bond donors (Lipinski definition) is 2. The average molecular weight is 296 g/mol. The van der Waals surface area contributed by atoms with E-state index in [9.17, 15) is 4.79 Å². The molecule has 0 aliphatic carbocycles. The molecule has 1 rings (SSSR count). The number of nitrogens with two attached hydrogens (primary N) is 1. The van der Waals surface area contributed by atoms with Gasteiger partial charge in [-0.1, -0.05) is 0 Å². The Kier molecular flexibility index (Phi) is 10.7. The third-order valence-electron chi connectivity index (χ3n) is 1.78. The number of ether oxygens (including phenoxy) is 1. The fraction of sp³-hybridized carbons (Fsp3) is 0.455. The summed E-state index contributed by atoms with van der Waals surface area (Å²) in [7, 11) is 0. The Labute approximate surface area is 119 Å². The number of carbonyl (C=O) groups excluding carboxylic acids is 1. The smallest absolute Gasteiger partial charge is 0.273 e. The first-order valence-electron chi connectivity index (χ1n) is 5.25. The van der Waals surface area contributed by atoms with Gasteiger partial charge >= 0.3 is 0 Å². The average Bonchev–Trinajstić information content (AvgIpc) is 2.26. The van der Waals surface area contributed by atoms with Gasteiger partial charge in [0.05, 0.1) is 6.10 Å². The zero-order chi connectivity index (χ0) is 12.0. The van der Waals surface area contributed by atoms with Crippen LogP contribution in [0.25, 0.3) is 0 Å². The quantitative estimate of drug-likeness (QED) is 0.861. The van der Waals surface area contributed by atoms with Crippen LogP contribution in [0.1, 0.15) is 24.3 Å². The molecule has 0 radical (unpaired) electrons. The first-order valence-corrected chi connectivity index (χ1v) is 5.25. The van der Waals surface area contributed by atoms with Gasteiger partial charge in [-0.05, 0) is 26.0 Å². The summed E-state index contributed by atoms with van der Waals surface area (Å²) >= 11 is 0. The molecule has 0 saturated heterocycles. The van der Waals surface area contributed by atoms with Crippen LogP contribution in [0, 0.1) is 0 Å². The SMILES string of the molecule is CC(C)Oc1cccnc1C(=O)NCCN.Cl.Cl. The molecular weight excluding hydrogens is 277 g/mol. The van der Waals surface area contributed by atoms with Gasteiger partial charge < -0.3 is 15.8 Å². The van der Waals surface area contributed by atoms with Gasteiger partial charge in [-0.2, -0.15) is 0 Å². The minimum atomic E-state index is -0.262. The van der Waals surface area contributed by atoms with Gasteiger partial charge in [0, 0.05) is 19.3 Å². The molecule has 104 valence electrons. The normalized spacial score (nSPS) is 9.11.